The second kappa shape index (κ2) is 7.97. The van der Waals surface area contributed by atoms with Crippen molar-refractivity contribution >= 4 is 11.9 Å². The van der Waals surface area contributed by atoms with Gasteiger partial charge >= 0.3 is 6.03 Å². The second-order valence-electron chi connectivity index (χ2n) is 6.55. The van der Waals surface area contributed by atoms with Crippen LogP contribution < -0.4 is 5.32 Å². The molecule has 3 rings (SSSR count). The van der Waals surface area contributed by atoms with E-state index < -0.39 is 0 Å². The summed E-state index contributed by atoms with van der Waals surface area (Å²) in [5, 5.41) is 3.09. The van der Waals surface area contributed by atoms with Crippen molar-refractivity contribution in [1.29, 1.82) is 0 Å². The largest absolute Gasteiger partial charge is 0.331 e. The van der Waals surface area contributed by atoms with E-state index in [-0.39, 0.29) is 12.1 Å². The van der Waals surface area contributed by atoms with Crippen molar-refractivity contribution < 1.29 is 4.79 Å². The Kier molecular flexibility index (Phi) is 5.49. The van der Waals surface area contributed by atoms with E-state index in [2.05, 4.69) is 29.4 Å². The molecule has 2 aromatic carbocycles. The van der Waals surface area contributed by atoms with Gasteiger partial charge in [-0.25, -0.2) is 4.79 Å². The fourth-order valence-corrected chi connectivity index (χ4v) is 3.15. The van der Waals surface area contributed by atoms with E-state index in [0.717, 1.165) is 17.8 Å². The van der Waals surface area contributed by atoms with Crippen molar-refractivity contribution in [2.75, 3.05) is 13.1 Å². The molecule has 0 aromatic heterocycles. The van der Waals surface area contributed by atoms with Crippen LogP contribution in [0, 0.1) is 0 Å². The maximum Gasteiger partial charge on any atom is 0.323 e. The Labute approximate surface area is 149 Å². The predicted octanol–water partition coefficient (Wildman–Crippen LogP) is 4.37. The average molecular weight is 335 g/mol. The Morgan fingerprint density at radius 1 is 1.04 bits per heavy atom. The Hall–Kier alpha value is -2.62. The van der Waals surface area contributed by atoms with Gasteiger partial charge in [-0.3, -0.25) is 9.89 Å². The molecule has 0 radical (unpaired) electrons. The Balaban J connectivity index is 1.62. The maximum atomic E-state index is 12.7. The molecule has 0 unspecified atom stereocenters. The third-order valence-corrected chi connectivity index (χ3v) is 4.67. The minimum absolute atomic E-state index is 0.0258. The van der Waals surface area contributed by atoms with Crippen molar-refractivity contribution in [3.05, 3.63) is 71.8 Å². The summed E-state index contributed by atoms with van der Waals surface area (Å²) < 4.78 is 0. The molecule has 0 fully saturated rings. The highest BCUT2D eigenvalue weighted by molar-refractivity contribution is 5.99. The number of rotatable bonds is 5. The number of aliphatic imine (C=N–C) groups is 1. The lowest BCUT2D eigenvalue weighted by Gasteiger charge is -2.24. The van der Waals surface area contributed by atoms with E-state index in [9.17, 15) is 4.79 Å². The van der Waals surface area contributed by atoms with Gasteiger partial charge in [-0.05, 0) is 24.0 Å². The minimum Gasteiger partial charge on any atom is -0.331 e. The van der Waals surface area contributed by atoms with Crippen LogP contribution in [0.25, 0.3) is 0 Å². The summed E-state index contributed by atoms with van der Waals surface area (Å²) in [6.45, 7) is 5.53. The van der Waals surface area contributed by atoms with Gasteiger partial charge in [-0.1, -0.05) is 67.6 Å². The SMILES string of the molecule is C[C@H](NC(=O)N1CCN=C1C[C@H](C)c1ccccc1)c1ccccc1. The molecule has 0 aliphatic carbocycles. The lowest BCUT2D eigenvalue weighted by Crippen LogP contribution is -2.43. The summed E-state index contributed by atoms with van der Waals surface area (Å²) in [4.78, 5) is 19.0. The van der Waals surface area contributed by atoms with Gasteiger partial charge in [0, 0.05) is 13.0 Å². The molecule has 0 spiro atoms. The van der Waals surface area contributed by atoms with Crippen LogP contribution in [0.2, 0.25) is 0 Å². The standard InChI is InChI=1S/C21H25N3O/c1-16(18-9-5-3-6-10-18)15-20-22-13-14-24(20)21(25)23-17(2)19-11-7-4-8-12-19/h3-12,16-17H,13-15H2,1-2H3,(H,23,25)/t16-,17-/m0/s1. The molecule has 1 N–H and O–H groups in total. The number of hydrogen-bond acceptors (Lipinski definition) is 2. The first-order valence-corrected chi connectivity index (χ1v) is 8.86. The Morgan fingerprint density at radius 2 is 1.64 bits per heavy atom. The molecule has 1 heterocycles. The highest BCUT2D eigenvalue weighted by atomic mass is 16.2. The maximum absolute atomic E-state index is 12.7. The zero-order valence-corrected chi connectivity index (χ0v) is 14.9. The first-order chi connectivity index (χ1) is 12.1. The molecular formula is C21H25N3O. The smallest absolute Gasteiger partial charge is 0.323 e. The van der Waals surface area contributed by atoms with Crippen LogP contribution in [-0.2, 0) is 0 Å². The lowest BCUT2D eigenvalue weighted by atomic mass is 9.97. The number of carbonyl (C=O) groups is 1. The number of benzene rings is 2. The number of hydrogen-bond donors (Lipinski definition) is 1. The molecule has 0 saturated carbocycles. The summed E-state index contributed by atoms with van der Waals surface area (Å²) in [5.74, 6) is 1.22. The minimum atomic E-state index is -0.0622. The molecule has 0 bridgehead atoms. The quantitative estimate of drug-likeness (QED) is 0.866. The van der Waals surface area contributed by atoms with Gasteiger partial charge in [0.1, 0.15) is 5.84 Å². The van der Waals surface area contributed by atoms with Crippen LogP contribution in [0.1, 0.15) is 43.4 Å². The van der Waals surface area contributed by atoms with Crippen LogP contribution in [0.5, 0.6) is 0 Å². The van der Waals surface area contributed by atoms with E-state index in [1.165, 1.54) is 5.56 Å². The highest BCUT2D eigenvalue weighted by Crippen LogP contribution is 2.22. The van der Waals surface area contributed by atoms with E-state index in [1.807, 2.05) is 55.5 Å². The summed E-state index contributed by atoms with van der Waals surface area (Å²) in [5.41, 5.74) is 2.38. The van der Waals surface area contributed by atoms with E-state index >= 15 is 0 Å². The monoisotopic (exact) mass is 335 g/mol. The third-order valence-electron chi connectivity index (χ3n) is 4.67. The van der Waals surface area contributed by atoms with Crippen molar-refractivity contribution in [1.82, 2.24) is 10.2 Å². The first kappa shape index (κ1) is 17.2. The van der Waals surface area contributed by atoms with E-state index in [4.69, 9.17) is 0 Å². The average Bonchev–Trinajstić information content (AvgIpc) is 3.11. The molecule has 25 heavy (non-hydrogen) atoms. The van der Waals surface area contributed by atoms with Gasteiger partial charge < -0.3 is 5.32 Å². The Morgan fingerprint density at radius 3 is 2.28 bits per heavy atom. The predicted molar refractivity (Wildman–Crippen MR) is 102 cm³/mol. The molecule has 4 nitrogen and oxygen atoms in total. The third kappa shape index (κ3) is 4.27. The van der Waals surface area contributed by atoms with Gasteiger partial charge in [-0.15, -0.1) is 0 Å². The van der Waals surface area contributed by atoms with Gasteiger partial charge in [0.15, 0.2) is 0 Å². The normalized spacial score (nSPS) is 16.2. The van der Waals surface area contributed by atoms with Crippen LogP contribution in [0.4, 0.5) is 4.79 Å². The molecule has 2 amide bonds. The Bertz CT molecular complexity index is 727. The fourth-order valence-electron chi connectivity index (χ4n) is 3.15. The van der Waals surface area contributed by atoms with Crippen LogP contribution in [0.3, 0.4) is 0 Å². The molecule has 2 aromatic rings. The summed E-state index contributed by atoms with van der Waals surface area (Å²) >= 11 is 0. The molecule has 130 valence electrons. The summed E-state index contributed by atoms with van der Waals surface area (Å²) in [7, 11) is 0. The molecule has 1 aliphatic rings. The lowest BCUT2D eigenvalue weighted by molar-refractivity contribution is 0.219. The van der Waals surface area contributed by atoms with Crippen LogP contribution in [0.15, 0.2) is 65.7 Å². The molecular weight excluding hydrogens is 310 g/mol. The number of nitrogens with one attached hydrogen (secondary N) is 1. The van der Waals surface area contributed by atoms with Crippen molar-refractivity contribution in [2.24, 2.45) is 4.99 Å². The summed E-state index contributed by atoms with van der Waals surface area (Å²) in [6, 6.07) is 20.3. The number of amides is 2. The second-order valence-corrected chi connectivity index (χ2v) is 6.55. The van der Waals surface area contributed by atoms with E-state index in [1.54, 1.807) is 4.90 Å². The number of urea groups is 1. The molecule has 2 atom stereocenters. The zero-order chi connectivity index (χ0) is 17.6. The first-order valence-electron chi connectivity index (χ1n) is 8.86. The topological polar surface area (TPSA) is 44.7 Å². The van der Waals surface area contributed by atoms with Gasteiger partial charge in [0.2, 0.25) is 0 Å². The van der Waals surface area contributed by atoms with Crippen molar-refractivity contribution in [3.8, 4) is 0 Å². The fraction of sp³-hybridized carbons (Fsp3) is 0.333. The van der Waals surface area contributed by atoms with Crippen LogP contribution >= 0.6 is 0 Å². The van der Waals surface area contributed by atoms with Gasteiger partial charge in [-0.2, -0.15) is 0 Å². The zero-order valence-electron chi connectivity index (χ0n) is 14.9. The molecule has 0 saturated heterocycles. The van der Waals surface area contributed by atoms with E-state index in [0.29, 0.717) is 19.0 Å². The molecule has 1 aliphatic heterocycles. The highest BCUT2D eigenvalue weighted by Gasteiger charge is 2.26. The van der Waals surface area contributed by atoms with Gasteiger partial charge in [0.25, 0.3) is 0 Å². The van der Waals surface area contributed by atoms with Crippen molar-refractivity contribution in [3.63, 3.8) is 0 Å². The van der Waals surface area contributed by atoms with Gasteiger partial charge in [0.05, 0.1) is 12.6 Å². The van der Waals surface area contributed by atoms with Crippen molar-refractivity contribution in [2.45, 2.75) is 32.2 Å². The van der Waals surface area contributed by atoms with Crippen LogP contribution in [-0.4, -0.2) is 29.9 Å². The number of nitrogens with zero attached hydrogens (tertiary/aromatic N) is 2. The summed E-state index contributed by atoms with van der Waals surface area (Å²) in [6.07, 6.45) is 0.775. The number of amidine groups is 1. The molecule has 4 heteroatoms. The number of carbonyl (C=O) groups excluding carboxylic acids is 1.